The van der Waals surface area contributed by atoms with Gasteiger partial charge >= 0.3 is 0 Å². The van der Waals surface area contributed by atoms with Gasteiger partial charge in [-0.3, -0.25) is 4.79 Å². The molecule has 0 spiro atoms. The molecule has 0 aliphatic carbocycles. The number of benzene rings is 2. The van der Waals surface area contributed by atoms with Crippen molar-refractivity contribution in [1.82, 2.24) is 4.90 Å². The van der Waals surface area contributed by atoms with E-state index in [1.165, 1.54) is 18.4 Å². The summed E-state index contributed by atoms with van der Waals surface area (Å²) in [5.74, 6) is 1.27. The number of likely N-dealkylation sites (tertiary alicyclic amines) is 1. The van der Waals surface area contributed by atoms with E-state index in [2.05, 4.69) is 17.1 Å². The molecule has 5 heteroatoms. The molecule has 0 atom stereocenters. The predicted octanol–water partition coefficient (Wildman–Crippen LogP) is 4.73. The van der Waals surface area contributed by atoms with E-state index in [1.54, 1.807) is 0 Å². The van der Waals surface area contributed by atoms with Crippen molar-refractivity contribution in [2.45, 2.75) is 33.6 Å². The van der Waals surface area contributed by atoms with Crippen molar-refractivity contribution in [3.8, 4) is 5.75 Å². The highest BCUT2D eigenvalue weighted by atomic mass is 32.1. The van der Waals surface area contributed by atoms with E-state index >= 15 is 0 Å². The van der Waals surface area contributed by atoms with Crippen molar-refractivity contribution in [2.75, 3.05) is 25.0 Å². The Morgan fingerprint density at radius 3 is 2.43 bits per heavy atom. The zero-order valence-electron chi connectivity index (χ0n) is 16.8. The third kappa shape index (κ3) is 5.32. The smallest absolute Gasteiger partial charge is 0.262 e. The number of carbonyl (C=O) groups is 1. The number of amides is 1. The Kier molecular flexibility index (Phi) is 6.68. The Balaban J connectivity index is 1.50. The monoisotopic (exact) mass is 396 g/mol. The summed E-state index contributed by atoms with van der Waals surface area (Å²) in [6.45, 7) is 8.39. The van der Waals surface area contributed by atoms with E-state index in [4.69, 9.17) is 17.0 Å². The Labute approximate surface area is 172 Å². The summed E-state index contributed by atoms with van der Waals surface area (Å²) in [4.78, 5) is 15.3. The number of carbonyl (C=O) groups excluding carboxylic acids is 1. The van der Waals surface area contributed by atoms with Gasteiger partial charge in [-0.05, 0) is 80.1 Å². The zero-order chi connectivity index (χ0) is 20.1. The third-order valence-electron chi connectivity index (χ3n) is 5.33. The van der Waals surface area contributed by atoms with Crippen LogP contribution in [0.25, 0.3) is 0 Å². The fraction of sp³-hybridized carbons (Fsp3) is 0.391. The van der Waals surface area contributed by atoms with Crippen molar-refractivity contribution in [3.63, 3.8) is 0 Å². The lowest BCUT2D eigenvalue weighted by Gasteiger charge is -2.32. The largest absolute Gasteiger partial charge is 0.484 e. The van der Waals surface area contributed by atoms with Crippen LogP contribution in [-0.2, 0) is 4.79 Å². The maximum Gasteiger partial charge on any atom is 0.262 e. The second kappa shape index (κ2) is 9.20. The van der Waals surface area contributed by atoms with Crippen LogP contribution in [0.4, 0.5) is 5.69 Å². The number of nitrogens with one attached hydrogen (secondary N) is 1. The molecule has 148 valence electrons. The predicted molar refractivity (Wildman–Crippen MR) is 118 cm³/mol. The highest BCUT2D eigenvalue weighted by molar-refractivity contribution is 7.80. The van der Waals surface area contributed by atoms with Crippen LogP contribution >= 0.6 is 12.2 Å². The Bertz CT molecular complexity index is 840. The summed E-state index contributed by atoms with van der Waals surface area (Å²) in [6.07, 6.45) is 2.38. The highest BCUT2D eigenvalue weighted by Crippen LogP contribution is 2.20. The van der Waals surface area contributed by atoms with Gasteiger partial charge in [-0.25, -0.2) is 0 Å². The second-order valence-corrected chi connectivity index (χ2v) is 8.02. The number of thiocarbonyl (C=S) groups is 1. The van der Waals surface area contributed by atoms with Gasteiger partial charge in [-0.2, -0.15) is 0 Å². The van der Waals surface area contributed by atoms with Gasteiger partial charge in [0.2, 0.25) is 0 Å². The summed E-state index contributed by atoms with van der Waals surface area (Å²) < 4.78 is 5.62. The number of aryl methyl sites for hydroxylation is 2. The SMILES string of the molecule is Cc1ccc(NC(=O)COc2ccc(C(=S)N3CCC(C)CC3)cc2)cc1C. The van der Waals surface area contributed by atoms with Gasteiger partial charge in [-0.1, -0.05) is 25.2 Å². The third-order valence-corrected chi connectivity index (χ3v) is 5.83. The van der Waals surface area contributed by atoms with E-state index in [-0.39, 0.29) is 12.5 Å². The van der Waals surface area contributed by atoms with Crippen molar-refractivity contribution >= 4 is 28.8 Å². The molecule has 1 amide bonds. The lowest BCUT2D eigenvalue weighted by Crippen LogP contribution is -2.37. The fourth-order valence-electron chi connectivity index (χ4n) is 3.25. The lowest BCUT2D eigenvalue weighted by molar-refractivity contribution is -0.118. The van der Waals surface area contributed by atoms with Crippen LogP contribution < -0.4 is 10.1 Å². The second-order valence-electron chi connectivity index (χ2n) is 7.63. The molecule has 2 aromatic rings. The van der Waals surface area contributed by atoms with Gasteiger partial charge in [0.15, 0.2) is 6.61 Å². The van der Waals surface area contributed by atoms with Gasteiger partial charge in [0.25, 0.3) is 5.91 Å². The van der Waals surface area contributed by atoms with Crippen LogP contribution in [0, 0.1) is 19.8 Å². The molecule has 1 N–H and O–H groups in total. The van der Waals surface area contributed by atoms with E-state index < -0.39 is 0 Å². The zero-order valence-corrected chi connectivity index (χ0v) is 17.6. The number of hydrogen-bond donors (Lipinski definition) is 1. The van der Waals surface area contributed by atoms with Gasteiger partial charge in [-0.15, -0.1) is 0 Å². The standard InChI is InChI=1S/C23H28N2O2S/c1-16-10-12-25(13-11-16)23(28)19-5-8-21(9-6-19)27-15-22(26)24-20-7-4-17(2)18(3)14-20/h4-9,14,16H,10-13,15H2,1-3H3,(H,24,26). The summed E-state index contributed by atoms with van der Waals surface area (Å²) in [7, 11) is 0. The average molecular weight is 397 g/mol. The minimum atomic E-state index is -0.176. The van der Waals surface area contributed by atoms with Gasteiger partial charge in [0.05, 0.1) is 0 Å². The van der Waals surface area contributed by atoms with Crippen LogP contribution in [0.15, 0.2) is 42.5 Å². The van der Waals surface area contributed by atoms with Crippen molar-refractivity contribution in [1.29, 1.82) is 0 Å². The molecule has 3 rings (SSSR count). The van der Waals surface area contributed by atoms with Crippen LogP contribution in [0.3, 0.4) is 0 Å². The lowest BCUT2D eigenvalue weighted by atomic mass is 9.99. The van der Waals surface area contributed by atoms with Crippen molar-refractivity contribution < 1.29 is 9.53 Å². The molecular formula is C23H28N2O2S. The van der Waals surface area contributed by atoms with Crippen LogP contribution in [-0.4, -0.2) is 35.5 Å². The average Bonchev–Trinajstić information content (AvgIpc) is 2.70. The first-order valence-corrected chi connectivity index (χ1v) is 10.2. The summed E-state index contributed by atoms with van der Waals surface area (Å²) in [6, 6.07) is 13.5. The van der Waals surface area contributed by atoms with Crippen LogP contribution in [0.5, 0.6) is 5.75 Å². The molecule has 28 heavy (non-hydrogen) atoms. The molecular weight excluding hydrogens is 368 g/mol. The molecule has 0 saturated carbocycles. The Morgan fingerprint density at radius 2 is 1.79 bits per heavy atom. The van der Waals surface area contributed by atoms with E-state index in [0.29, 0.717) is 5.75 Å². The molecule has 0 aromatic heterocycles. The van der Waals surface area contributed by atoms with E-state index in [0.717, 1.165) is 40.8 Å². The van der Waals surface area contributed by atoms with Gasteiger partial charge < -0.3 is 15.0 Å². The number of ether oxygens (including phenoxy) is 1. The molecule has 1 aliphatic rings. The van der Waals surface area contributed by atoms with Crippen LogP contribution in [0.1, 0.15) is 36.5 Å². The van der Waals surface area contributed by atoms with Crippen molar-refractivity contribution in [3.05, 3.63) is 59.2 Å². The number of rotatable bonds is 5. The highest BCUT2D eigenvalue weighted by Gasteiger charge is 2.18. The first-order chi connectivity index (χ1) is 13.4. The molecule has 0 radical (unpaired) electrons. The van der Waals surface area contributed by atoms with E-state index in [9.17, 15) is 4.79 Å². The summed E-state index contributed by atoms with van der Waals surface area (Å²) >= 11 is 5.64. The fourth-order valence-corrected chi connectivity index (χ4v) is 3.57. The molecule has 1 aliphatic heterocycles. The summed E-state index contributed by atoms with van der Waals surface area (Å²) in [5, 5.41) is 2.86. The normalized spacial score (nSPS) is 14.6. The summed E-state index contributed by atoms with van der Waals surface area (Å²) in [5.41, 5.74) is 4.16. The molecule has 4 nitrogen and oxygen atoms in total. The first-order valence-electron chi connectivity index (χ1n) is 9.81. The number of hydrogen-bond acceptors (Lipinski definition) is 3. The molecule has 2 aromatic carbocycles. The number of nitrogens with zero attached hydrogens (tertiary/aromatic N) is 1. The Morgan fingerprint density at radius 1 is 1.11 bits per heavy atom. The number of piperidine rings is 1. The molecule has 1 saturated heterocycles. The molecule has 0 bridgehead atoms. The van der Waals surface area contributed by atoms with Crippen molar-refractivity contribution in [2.24, 2.45) is 5.92 Å². The number of anilines is 1. The molecule has 0 unspecified atom stereocenters. The topological polar surface area (TPSA) is 41.6 Å². The van der Waals surface area contributed by atoms with Crippen LogP contribution in [0.2, 0.25) is 0 Å². The Hall–Kier alpha value is -2.40. The van der Waals surface area contributed by atoms with E-state index in [1.807, 2.05) is 56.3 Å². The minimum Gasteiger partial charge on any atom is -0.484 e. The first kappa shape index (κ1) is 20.3. The minimum absolute atomic E-state index is 0.0271. The maximum absolute atomic E-state index is 12.1. The molecule has 1 fully saturated rings. The quantitative estimate of drug-likeness (QED) is 0.742. The van der Waals surface area contributed by atoms with Gasteiger partial charge in [0.1, 0.15) is 10.7 Å². The maximum atomic E-state index is 12.1. The van der Waals surface area contributed by atoms with Gasteiger partial charge in [0, 0.05) is 24.3 Å². The molecule has 1 heterocycles.